The molecule has 0 bridgehead atoms. The van der Waals surface area contributed by atoms with Gasteiger partial charge in [0.15, 0.2) is 0 Å². The van der Waals surface area contributed by atoms with E-state index in [9.17, 15) is 0 Å². The molecule has 5 nitrogen and oxygen atoms in total. The number of rotatable bonds is 3. The fourth-order valence-corrected chi connectivity index (χ4v) is 4.51. The van der Waals surface area contributed by atoms with Crippen LogP contribution in [0.4, 0.5) is 5.69 Å². The third kappa shape index (κ3) is 3.33. The Labute approximate surface area is 160 Å². The van der Waals surface area contributed by atoms with Gasteiger partial charge in [-0.25, -0.2) is 4.68 Å². The fraction of sp³-hybridized carbons (Fsp3) is 0.409. The third-order valence-electron chi connectivity index (χ3n) is 6.05. The lowest BCUT2D eigenvalue weighted by Gasteiger charge is -2.41. The summed E-state index contributed by atoms with van der Waals surface area (Å²) in [6.07, 6.45) is 4.48. The molecule has 0 aliphatic carbocycles. The van der Waals surface area contributed by atoms with Crippen LogP contribution in [0, 0.1) is 0 Å². The number of piperazine rings is 1. The Bertz CT molecular complexity index is 889. The highest BCUT2D eigenvalue weighted by atomic mass is 15.3. The van der Waals surface area contributed by atoms with E-state index in [4.69, 9.17) is 0 Å². The van der Waals surface area contributed by atoms with Crippen LogP contribution in [0.3, 0.4) is 0 Å². The van der Waals surface area contributed by atoms with Gasteiger partial charge in [-0.2, -0.15) is 5.10 Å². The average Bonchev–Trinajstić information content (AvgIpc) is 3.18. The SMILES string of the molecule is c1ccc(-n2ncc3ccc(N4CCC(N5CCNCC5)CC4)cc32)cc1. The maximum Gasteiger partial charge on any atom is 0.0761 e. The lowest BCUT2D eigenvalue weighted by molar-refractivity contribution is 0.150. The van der Waals surface area contributed by atoms with Crippen molar-refractivity contribution < 1.29 is 0 Å². The van der Waals surface area contributed by atoms with Crippen LogP contribution in [-0.2, 0) is 0 Å². The van der Waals surface area contributed by atoms with Gasteiger partial charge in [-0.1, -0.05) is 18.2 Å². The number of hydrogen-bond donors (Lipinski definition) is 1. The van der Waals surface area contributed by atoms with Gasteiger partial charge in [0.2, 0.25) is 0 Å². The monoisotopic (exact) mass is 361 g/mol. The van der Waals surface area contributed by atoms with Gasteiger partial charge in [-0.05, 0) is 43.2 Å². The van der Waals surface area contributed by atoms with Crippen LogP contribution in [0.5, 0.6) is 0 Å². The van der Waals surface area contributed by atoms with Crippen molar-refractivity contribution >= 4 is 16.6 Å². The summed E-state index contributed by atoms with van der Waals surface area (Å²) in [4.78, 5) is 5.22. The predicted molar refractivity (Wildman–Crippen MR) is 111 cm³/mol. The van der Waals surface area contributed by atoms with Crippen LogP contribution in [0.15, 0.2) is 54.7 Å². The number of para-hydroxylation sites is 1. The molecule has 27 heavy (non-hydrogen) atoms. The first-order valence-electron chi connectivity index (χ1n) is 10.1. The van der Waals surface area contributed by atoms with Crippen LogP contribution < -0.4 is 10.2 Å². The van der Waals surface area contributed by atoms with Gasteiger partial charge >= 0.3 is 0 Å². The molecule has 140 valence electrons. The van der Waals surface area contributed by atoms with E-state index in [1.54, 1.807) is 0 Å². The Morgan fingerprint density at radius 1 is 0.852 bits per heavy atom. The maximum atomic E-state index is 4.61. The van der Waals surface area contributed by atoms with Crippen LogP contribution >= 0.6 is 0 Å². The number of anilines is 1. The molecule has 1 N–H and O–H groups in total. The quantitative estimate of drug-likeness (QED) is 0.778. The number of fused-ring (bicyclic) bond motifs is 1. The zero-order valence-corrected chi connectivity index (χ0v) is 15.7. The van der Waals surface area contributed by atoms with Crippen molar-refractivity contribution in [1.29, 1.82) is 0 Å². The maximum absolute atomic E-state index is 4.61. The highest BCUT2D eigenvalue weighted by Gasteiger charge is 2.25. The van der Waals surface area contributed by atoms with E-state index in [1.165, 1.54) is 42.5 Å². The summed E-state index contributed by atoms with van der Waals surface area (Å²) in [5.74, 6) is 0. The van der Waals surface area contributed by atoms with Crippen molar-refractivity contribution in [3.05, 3.63) is 54.7 Å². The summed E-state index contributed by atoms with van der Waals surface area (Å²) in [7, 11) is 0. The fourth-order valence-electron chi connectivity index (χ4n) is 4.51. The second-order valence-corrected chi connectivity index (χ2v) is 7.64. The molecule has 2 fully saturated rings. The Morgan fingerprint density at radius 3 is 2.41 bits per heavy atom. The number of hydrogen-bond acceptors (Lipinski definition) is 4. The largest absolute Gasteiger partial charge is 0.371 e. The van der Waals surface area contributed by atoms with Crippen LogP contribution in [0.1, 0.15) is 12.8 Å². The summed E-state index contributed by atoms with van der Waals surface area (Å²) in [5.41, 5.74) is 3.61. The van der Waals surface area contributed by atoms with E-state index in [0.717, 1.165) is 37.9 Å². The van der Waals surface area contributed by atoms with Crippen molar-refractivity contribution in [2.24, 2.45) is 0 Å². The molecule has 0 saturated carbocycles. The summed E-state index contributed by atoms with van der Waals surface area (Å²) in [6.45, 7) is 6.96. The molecule has 2 aromatic carbocycles. The molecule has 0 unspecified atom stereocenters. The lowest BCUT2D eigenvalue weighted by atomic mass is 10.0. The molecule has 3 heterocycles. The molecule has 0 atom stereocenters. The molecular formula is C22H27N5. The summed E-state index contributed by atoms with van der Waals surface area (Å²) in [5, 5.41) is 9.26. The predicted octanol–water partition coefficient (Wildman–Crippen LogP) is 2.90. The highest BCUT2D eigenvalue weighted by molar-refractivity contribution is 5.84. The van der Waals surface area contributed by atoms with E-state index < -0.39 is 0 Å². The lowest BCUT2D eigenvalue weighted by Crippen LogP contribution is -2.52. The van der Waals surface area contributed by atoms with E-state index in [-0.39, 0.29) is 0 Å². The first-order chi connectivity index (χ1) is 13.4. The minimum absolute atomic E-state index is 0.752. The second-order valence-electron chi connectivity index (χ2n) is 7.64. The number of benzene rings is 2. The number of nitrogens with one attached hydrogen (secondary N) is 1. The Kier molecular flexibility index (Phi) is 4.56. The standard InChI is InChI=1S/C22H27N5/c1-2-4-20(5-3-1)27-22-16-21(7-6-18(22)17-24-27)25-12-8-19(9-13-25)26-14-10-23-11-15-26/h1-7,16-17,19,23H,8-15H2. The number of nitrogens with zero attached hydrogens (tertiary/aromatic N) is 4. The zero-order valence-electron chi connectivity index (χ0n) is 15.7. The second kappa shape index (κ2) is 7.33. The molecule has 5 rings (SSSR count). The highest BCUT2D eigenvalue weighted by Crippen LogP contribution is 2.27. The molecule has 0 spiro atoms. The molecule has 5 heteroatoms. The van der Waals surface area contributed by atoms with Crippen molar-refractivity contribution in [2.45, 2.75) is 18.9 Å². The topological polar surface area (TPSA) is 36.3 Å². The minimum Gasteiger partial charge on any atom is -0.371 e. The van der Waals surface area contributed by atoms with Crippen LogP contribution in [0.2, 0.25) is 0 Å². The van der Waals surface area contributed by atoms with Gasteiger partial charge in [-0.3, -0.25) is 4.90 Å². The summed E-state index contributed by atoms with van der Waals surface area (Å²) < 4.78 is 2.05. The van der Waals surface area contributed by atoms with Crippen LogP contribution in [0.25, 0.3) is 16.6 Å². The average molecular weight is 361 g/mol. The normalized spacial score (nSPS) is 19.6. The van der Waals surface area contributed by atoms with E-state index in [0.29, 0.717) is 0 Å². The first kappa shape index (κ1) is 16.8. The van der Waals surface area contributed by atoms with E-state index >= 15 is 0 Å². The van der Waals surface area contributed by atoms with Crippen molar-refractivity contribution in [2.75, 3.05) is 44.2 Å². The van der Waals surface area contributed by atoms with Gasteiger partial charge < -0.3 is 10.2 Å². The minimum atomic E-state index is 0.752. The third-order valence-corrected chi connectivity index (χ3v) is 6.05. The van der Waals surface area contributed by atoms with Gasteiger partial charge in [0.25, 0.3) is 0 Å². The molecule has 2 aliphatic rings. The van der Waals surface area contributed by atoms with Crippen molar-refractivity contribution in [3.8, 4) is 5.69 Å². The molecule has 1 aromatic heterocycles. The Hall–Kier alpha value is -2.37. The smallest absolute Gasteiger partial charge is 0.0761 e. The van der Waals surface area contributed by atoms with Gasteiger partial charge in [-0.15, -0.1) is 0 Å². The zero-order chi connectivity index (χ0) is 18.1. The molecule has 0 amide bonds. The summed E-state index contributed by atoms with van der Waals surface area (Å²) >= 11 is 0. The van der Waals surface area contributed by atoms with E-state index in [1.807, 2.05) is 16.9 Å². The molecule has 3 aromatic rings. The number of piperidine rings is 1. The van der Waals surface area contributed by atoms with E-state index in [2.05, 4.69) is 62.7 Å². The van der Waals surface area contributed by atoms with Gasteiger partial charge in [0, 0.05) is 56.4 Å². The Morgan fingerprint density at radius 2 is 1.63 bits per heavy atom. The van der Waals surface area contributed by atoms with Crippen molar-refractivity contribution in [3.63, 3.8) is 0 Å². The van der Waals surface area contributed by atoms with Crippen LogP contribution in [-0.4, -0.2) is 60.0 Å². The molecule has 2 saturated heterocycles. The van der Waals surface area contributed by atoms with Gasteiger partial charge in [0.1, 0.15) is 0 Å². The summed E-state index contributed by atoms with van der Waals surface area (Å²) in [6, 6.07) is 17.9. The Balaban J connectivity index is 1.35. The molecular weight excluding hydrogens is 334 g/mol. The van der Waals surface area contributed by atoms with Gasteiger partial charge in [0.05, 0.1) is 17.4 Å². The molecule has 2 aliphatic heterocycles. The number of aromatic nitrogens is 2. The first-order valence-corrected chi connectivity index (χ1v) is 10.1. The molecule has 0 radical (unpaired) electrons. The van der Waals surface area contributed by atoms with Crippen molar-refractivity contribution in [1.82, 2.24) is 20.0 Å².